The van der Waals surface area contributed by atoms with Crippen LogP contribution in [0.25, 0.3) is 0 Å². The van der Waals surface area contributed by atoms with E-state index in [1.807, 2.05) is 6.92 Å². The van der Waals surface area contributed by atoms with Crippen molar-refractivity contribution in [2.75, 3.05) is 5.43 Å². The van der Waals surface area contributed by atoms with Crippen molar-refractivity contribution in [2.45, 2.75) is 25.6 Å². The number of allylic oxidation sites excluding steroid dienone is 3. The number of hydrogen-bond acceptors (Lipinski definition) is 4. The van der Waals surface area contributed by atoms with Crippen molar-refractivity contribution >= 4 is 5.69 Å². The molecule has 1 aromatic rings. The molecular formula is C13H15F2N3O. The molecule has 0 spiro atoms. The number of nitrogens with one attached hydrogen (secondary N) is 1. The minimum Gasteiger partial charge on any atom is -0.467 e. The Morgan fingerprint density at radius 2 is 2.32 bits per heavy atom. The van der Waals surface area contributed by atoms with Crippen molar-refractivity contribution in [2.24, 2.45) is 5.84 Å². The van der Waals surface area contributed by atoms with Crippen LogP contribution in [0, 0.1) is 6.92 Å². The van der Waals surface area contributed by atoms with E-state index in [0.717, 1.165) is 5.56 Å². The number of nitrogens with zero attached hydrogens (tertiary/aromatic N) is 1. The maximum atomic E-state index is 13.7. The van der Waals surface area contributed by atoms with E-state index in [-0.39, 0.29) is 12.3 Å². The summed E-state index contributed by atoms with van der Waals surface area (Å²) in [5, 5.41) is 0. The topological polar surface area (TPSA) is 60.2 Å². The van der Waals surface area contributed by atoms with Gasteiger partial charge in [-0.2, -0.15) is 0 Å². The number of alkyl halides is 1. The molecule has 1 heterocycles. The van der Waals surface area contributed by atoms with Gasteiger partial charge in [0.2, 0.25) is 5.88 Å². The molecule has 0 saturated carbocycles. The molecule has 6 heteroatoms. The second-order valence-corrected chi connectivity index (χ2v) is 4.28. The third kappa shape index (κ3) is 3.29. The third-order valence-electron chi connectivity index (χ3n) is 2.83. The van der Waals surface area contributed by atoms with Crippen LogP contribution < -0.4 is 16.0 Å². The number of aryl methyl sites for hydroxylation is 1. The van der Waals surface area contributed by atoms with E-state index in [0.29, 0.717) is 5.69 Å². The first-order chi connectivity index (χ1) is 9.10. The van der Waals surface area contributed by atoms with Gasteiger partial charge in [0.1, 0.15) is 12.0 Å². The predicted octanol–water partition coefficient (Wildman–Crippen LogP) is 2.57. The average Bonchev–Trinajstić information content (AvgIpc) is 2.52. The summed E-state index contributed by atoms with van der Waals surface area (Å²) in [4.78, 5) is 3.99. The first kappa shape index (κ1) is 13.5. The van der Waals surface area contributed by atoms with Gasteiger partial charge in [-0.05, 0) is 18.6 Å². The van der Waals surface area contributed by atoms with Gasteiger partial charge in [0, 0.05) is 12.5 Å². The summed E-state index contributed by atoms with van der Waals surface area (Å²) in [6.07, 6.45) is 3.05. The number of nitrogens with two attached hydrogens (primary N) is 1. The molecule has 0 saturated heterocycles. The molecule has 1 aliphatic carbocycles. The number of hydrogen-bond donors (Lipinski definition) is 2. The zero-order chi connectivity index (χ0) is 13.8. The smallest absolute Gasteiger partial charge is 0.214 e. The minimum atomic E-state index is -1.24. The van der Waals surface area contributed by atoms with Gasteiger partial charge in [-0.3, -0.25) is 5.84 Å². The summed E-state index contributed by atoms with van der Waals surface area (Å²) in [6, 6.07) is 1.62. The largest absolute Gasteiger partial charge is 0.467 e. The number of rotatable bonds is 3. The van der Waals surface area contributed by atoms with E-state index in [1.54, 1.807) is 6.07 Å². The summed E-state index contributed by atoms with van der Waals surface area (Å²) >= 11 is 0. The van der Waals surface area contributed by atoms with Crippen molar-refractivity contribution in [1.82, 2.24) is 4.98 Å². The van der Waals surface area contributed by atoms with Crippen molar-refractivity contribution in [1.29, 1.82) is 0 Å². The van der Waals surface area contributed by atoms with Crippen molar-refractivity contribution in [3.05, 3.63) is 41.9 Å². The number of ether oxygens (including phenoxy) is 1. The molecule has 1 aromatic heterocycles. The number of nitrogen functional groups attached to an aromatic ring is 1. The van der Waals surface area contributed by atoms with Gasteiger partial charge < -0.3 is 10.2 Å². The summed E-state index contributed by atoms with van der Waals surface area (Å²) in [5.41, 5.74) is 3.93. The molecule has 4 nitrogen and oxygen atoms in total. The number of halogens is 2. The fourth-order valence-corrected chi connectivity index (χ4v) is 1.77. The van der Waals surface area contributed by atoms with Crippen LogP contribution in [0.1, 0.15) is 12.0 Å². The van der Waals surface area contributed by atoms with E-state index in [2.05, 4.69) is 10.4 Å². The van der Waals surface area contributed by atoms with Gasteiger partial charge in [-0.25, -0.2) is 13.8 Å². The maximum absolute atomic E-state index is 13.7. The second-order valence-electron chi connectivity index (χ2n) is 4.28. The van der Waals surface area contributed by atoms with Crippen LogP contribution in [0.3, 0.4) is 0 Å². The van der Waals surface area contributed by atoms with Gasteiger partial charge in [-0.1, -0.05) is 12.2 Å². The van der Waals surface area contributed by atoms with Crippen molar-refractivity contribution < 1.29 is 13.5 Å². The summed E-state index contributed by atoms with van der Waals surface area (Å²) in [6.45, 7) is 1.81. The zero-order valence-corrected chi connectivity index (χ0v) is 10.4. The molecule has 0 amide bonds. The highest BCUT2D eigenvalue weighted by Crippen LogP contribution is 2.24. The van der Waals surface area contributed by atoms with E-state index in [4.69, 9.17) is 10.6 Å². The average molecular weight is 267 g/mol. The van der Waals surface area contributed by atoms with Crippen LogP contribution in [0.2, 0.25) is 0 Å². The molecule has 2 atom stereocenters. The van der Waals surface area contributed by atoms with Gasteiger partial charge in [-0.15, -0.1) is 0 Å². The van der Waals surface area contributed by atoms with Gasteiger partial charge in [0.05, 0.1) is 11.9 Å². The third-order valence-corrected chi connectivity index (χ3v) is 2.83. The molecule has 2 unspecified atom stereocenters. The number of anilines is 1. The van der Waals surface area contributed by atoms with E-state index >= 15 is 0 Å². The monoisotopic (exact) mass is 267 g/mol. The maximum Gasteiger partial charge on any atom is 0.214 e. The Labute approximate surface area is 109 Å². The van der Waals surface area contributed by atoms with Crippen LogP contribution >= 0.6 is 0 Å². The molecule has 0 aromatic carbocycles. The van der Waals surface area contributed by atoms with Crippen LogP contribution in [0.15, 0.2) is 36.3 Å². The van der Waals surface area contributed by atoms with Crippen molar-refractivity contribution in [3.63, 3.8) is 0 Å². The normalized spacial score (nSPS) is 22.6. The lowest BCUT2D eigenvalue weighted by atomic mass is 10.2. The van der Waals surface area contributed by atoms with Gasteiger partial charge >= 0.3 is 0 Å². The van der Waals surface area contributed by atoms with Crippen LogP contribution in [0.4, 0.5) is 14.5 Å². The predicted molar refractivity (Wildman–Crippen MR) is 69.0 cm³/mol. The Hall–Kier alpha value is -1.95. The number of aromatic nitrogens is 1. The lowest BCUT2D eigenvalue weighted by Crippen LogP contribution is -2.21. The quantitative estimate of drug-likeness (QED) is 0.652. The standard InChI is InChI=1S/C13H15F2N3O/c1-8-5-13(17-7-11(8)18-16)19-12-6-9(14)3-2-4-10(12)15/h2-5,7,9,12,18H,6,16H2,1H3. The molecular weight excluding hydrogens is 252 g/mol. The Kier molecular flexibility index (Phi) is 4.11. The van der Waals surface area contributed by atoms with E-state index < -0.39 is 18.1 Å². The number of pyridine rings is 1. The first-order valence-corrected chi connectivity index (χ1v) is 5.88. The van der Waals surface area contributed by atoms with Gasteiger partial charge in [0.15, 0.2) is 6.10 Å². The highest BCUT2D eigenvalue weighted by atomic mass is 19.1. The molecule has 2 rings (SSSR count). The van der Waals surface area contributed by atoms with E-state index in [9.17, 15) is 8.78 Å². The minimum absolute atomic E-state index is 0.0730. The SMILES string of the molecule is Cc1cc(OC2CC(F)C=CC=C2F)ncc1NN. The van der Waals surface area contributed by atoms with Crippen LogP contribution in [0.5, 0.6) is 5.88 Å². The molecule has 0 fully saturated rings. The van der Waals surface area contributed by atoms with E-state index in [1.165, 1.54) is 24.4 Å². The molecule has 19 heavy (non-hydrogen) atoms. The Morgan fingerprint density at radius 1 is 1.53 bits per heavy atom. The molecule has 0 bridgehead atoms. The van der Waals surface area contributed by atoms with Crippen LogP contribution in [-0.2, 0) is 0 Å². The second kappa shape index (κ2) is 5.79. The van der Waals surface area contributed by atoms with Crippen molar-refractivity contribution in [3.8, 4) is 5.88 Å². The molecule has 1 aliphatic rings. The lowest BCUT2D eigenvalue weighted by molar-refractivity contribution is 0.165. The Morgan fingerprint density at radius 3 is 3.00 bits per heavy atom. The van der Waals surface area contributed by atoms with Gasteiger partial charge in [0.25, 0.3) is 0 Å². The first-order valence-electron chi connectivity index (χ1n) is 5.88. The fourth-order valence-electron chi connectivity index (χ4n) is 1.77. The summed E-state index contributed by atoms with van der Waals surface area (Å²) in [5.74, 6) is 5.01. The molecule has 0 radical (unpaired) electrons. The molecule has 102 valence electrons. The summed E-state index contributed by atoms with van der Waals surface area (Å²) in [7, 11) is 0. The molecule has 0 aliphatic heterocycles. The zero-order valence-electron chi connectivity index (χ0n) is 10.4. The highest BCUT2D eigenvalue weighted by Gasteiger charge is 2.23. The molecule has 3 N–H and O–H groups in total. The summed E-state index contributed by atoms with van der Waals surface area (Å²) < 4.78 is 32.4. The Balaban J connectivity index is 2.14. The highest BCUT2D eigenvalue weighted by molar-refractivity contribution is 5.49. The Bertz CT molecular complexity index is 517. The number of hydrazine groups is 1. The lowest BCUT2D eigenvalue weighted by Gasteiger charge is -2.17. The fraction of sp³-hybridized carbons (Fsp3) is 0.308. The van der Waals surface area contributed by atoms with Crippen LogP contribution in [-0.4, -0.2) is 17.3 Å².